The summed E-state index contributed by atoms with van der Waals surface area (Å²) in [4.78, 5) is 4.92. The van der Waals surface area contributed by atoms with Crippen molar-refractivity contribution in [2.45, 2.75) is 10.9 Å². The molecule has 0 spiro atoms. The van der Waals surface area contributed by atoms with Crippen LogP contribution < -0.4 is 0 Å². The lowest BCUT2D eigenvalue weighted by molar-refractivity contribution is 0.896. The predicted octanol–water partition coefficient (Wildman–Crippen LogP) is 8.63. The third kappa shape index (κ3) is 3.39. The van der Waals surface area contributed by atoms with Crippen LogP contribution in [0.5, 0.6) is 0 Å². The van der Waals surface area contributed by atoms with Gasteiger partial charge in [0.15, 0.2) is 5.16 Å². The summed E-state index contributed by atoms with van der Waals surface area (Å²) >= 11 is 1.81. The summed E-state index contributed by atoms with van der Waals surface area (Å²) < 4.78 is 2.35. The summed E-state index contributed by atoms with van der Waals surface area (Å²) in [5, 5.41) is 1.07. The summed E-state index contributed by atoms with van der Waals surface area (Å²) in [6.07, 6.45) is 0. The number of hydrogen-bond donors (Lipinski definition) is 0. The normalized spacial score (nSPS) is 12.3. The smallest absolute Gasteiger partial charge is 0.174 e. The van der Waals surface area contributed by atoms with E-state index in [1.165, 1.54) is 44.6 Å². The highest BCUT2D eigenvalue weighted by Crippen LogP contribution is 2.42. The molecule has 7 rings (SSSR count). The first kappa shape index (κ1) is 20.3. The summed E-state index contributed by atoms with van der Waals surface area (Å²) in [5.74, 6) is 0.934. The quantitative estimate of drug-likeness (QED) is 0.260. The second-order valence-electron chi connectivity index (χ2n) is 8.81. The average Bonchev–Trinajstić information content (AvgIpc) is 3.32. The number of aromatic nitrogens is 2. The van der Waals surface area contributed by atoms with Gasteiger partial charge < -0.3 is 0 Å². The van der Waals surface area contributed by atoms with Crippen molar-refractivity contribution in [2.24, 2.45) is 0 Å². The van der Waals surface area contributed by atoms with E-state index >= 15 is 0 Å². The highest BCUT2D eigenvalue weighted by Gasteiger charge is 2.23. The highest BCUT2D eigenvalue weighted by atomic mass is 32.2. The molecule has 3 heteroatoms. The summed E-state index contributed by atoms with van der Waals surface area (Å²) in [5.41, 5.74) is 12.2. The van der Waals surface area contributed by atoms with Crippen LogP contribution in [-0.4, -0.2) is 9.55 Å². The Labute approximate surface area is 208 Å². The number of fused-ring (bicyclic) bond motifs is 5. The fraction of sp³-hybridized carbons (Fsp3) is 0.0312. The molecule has 2 heterocycles. The molecule has 1 aliphatic rings. The van der Waals surface area contributed by atoms with Gasteiger partial charge in [-0.1, -0.05) is 115 Å². The second-order valence-corrected chi connectivity index (χ2v) is 9.76. The number of benzene rings is 5. The Hall–Kier alpha value is -4.08. The number of nitrogens with zero attached hydrogens (tertiary/aromatic N) is 2. The average molecular weight is 467 g/mol. The van der Waals surface area contributed by atoms with Crippen LogP contribution in [0.1, 0.15) is 5.56 Å². The zero-order valence-electron chi connectivity index (χ0n) is 19.1. The van der Waals surface area contributed by atoms with Gasteiger partial charge in [-0.05, 0) is 51.6 Å². The van der Waals surface area contributed by atoms with Gasteiger partial charge in [-0.3, -0.25) is 4.57 Å². The number of imidazole rings is 1. The summed E-state index contributed by atoms with van der Waals surface area (Å²) in [7, 11) is 0. The Morgan fingerprint density at radius 1 is 0.571 bits per heavy atom. The molecule has 0 unspecified atom stereocenters. The minimum absolute atomic E-state index is 0.934. The molecule has 6 aromatic rings. The Balaban J connectivity index is 1.42. The van der Waals surface area contributed by atoms with E-state index in [1.807, 2.05) is 11.8 Å². The van der Waals surface area contributed by atoms with Crippen LogP contribution in [0.15, 0.2) is 126 Å². The number of para-hydroxylation sites is 3. The van der Waals surface area contributed by atoms with Crippen LogP contribution in [0.4, 0.5) is 0 Å². The van der Waals surface area contributed by atoms with Crippen LogP contribution in [0, 0.1) is 0 Å². The topological polar surface area (TPSA) is 17.8 Å². The molecule has 2 nitrogen and oxygen atoms in total. The number of thioether (sulfide) groups is 1. The zero-order valence-corrected chi connectivity index (χ0v) is 19.9. The second kappa shape index (κ2) is 8.30. The van der Waals surface area contributed by atoms with Gasteiger partial charge in [0.05, 0.1) is 16.7 Å². The van der Waals surface area contributed by atoms with E-state index in [2.05, 4.69) is 126 Å². The van der Waals surface area contributed by atoms with Gasteiger partial charge in [-0.2, -0.15) is 0 Å². The van der Waals surface area contributed by atoms with E-state index in [0.717, 1.165) is 21.9 Å². The van der Waals surface area contributed by atoms with Crippen molar-refractivity contribution in [1.82, 2.24) is 9.55 Å². The molecule has 0 fully saturated rings. The standard InChI is InChI=1S/C32H22N2S/c1-2-10-22(11-3-1)26-15-4-5-16-27(26)23-12-8-13-24(20-23)28-17-9-14-25-21-35-32-33-29-18-6-7-19-30(29)34(32)31(25)28/h1-20H,21H2. The van der Waals surface area contributed by atoms with Crippen LogP contribution in [0.25, 0.3) is 50.1 Å². The van der Waals surface area contributed by atoms with Crippen molar-refractivity contribution in [2.75, 3.05) is 0 Å². The molecule has 0 saturated heterocycles. The third-order valence-electron chi connectivity index (χ3n) is 6.73. The van der Waals surface area contributed by atoms with Gasteiger partial charge in [-0.25, -0.2) is 4.98 Å². The largest absolute Gasteiger partial charge is 0.286 e. The molecule has 0 amide bonds. The van der Waals surface area contributed by atoms with Gasteiger partial charge in [-0.15, -0.1) is 0 Å². The Morgan fingerprint density at radius 3 is 2.06 bits per heavy atom. The molecular formula is C32H22N2S. The molecule has 1 aromatic heterocycles. The van der Waals surface area contributed by atoms with Crippen molar-refractivity contribution in [3.05, 3.63) is 127 Å². The number of rotatable bonds is 3. The molecule has 1 aliphatic heterocycles. The maximum Gasteiger partial charge on any atom is 0.174 e. The molecular weight excluding hydrogens is 444 g/mol. The van der Waals surface area contributed by atoms with Gasteiger partial charge >= 0.3 is 0 Å². The molecule has 166 valence electrons. The van der Waals surface area contributed by atoms with Gasteiger partial charge in [0.25, 0.3) is 0 Å². The van der Waals surface area contributed by atoms with E-state index < -0.39 is 0 Å². The molecule has 35 heavy (non-hydrogen) atoms. The Kier molecular flexibility index (Phi) is 4.81. The third-order valence-corrected chi connectivity index (χ3v) is 7.71. The van der Waals surface area contributed by atoms with Crippen LogP contribution >= 0.6 is 11.8 Å². The first-order chi connectivity index (χ1) is 17.4. The van der Waals surface area contributed by atoms with Crippen molar-refractivity contribution in [3.8, 4) is 39.1 Å². The molecule has 0 radical (unpaired) electrons. The van der Waals surface area contributed by atoms with Gasteiger partial charge in [0.1, 0.15) is 0 Å². The van der Waals surface area contributed by atoms with Crippen molar-refractivity contribution in [3.63, 3.8) is 0 Å². The molecule has 5 aromatic carbocycles. The molecule has 0 saturated carbocycles. The van der Waals surface area contributed by atoms with E-state index in [0.29, 0.717) is 0 Å². The Morgan fingerprint density at radius 2 is 1.20 bits per heavy atom. The van der Waals surface area contributed by atoms with Gasteiger partial charge in [0, 0.05) is 11.3 Å². The van der Waals surface area contributed by atoms with Gasteiger partial charge in [0.2, 0.25) is 0 Å². The van der Waals surface area contributed by atoms with Crippen LogP contribution in [0.3, 0.4) is 0 Å². The molecule has 0 aliphatic carbocycles. The lowest BCUT2D eigenvalue weighted by Gasteiger charge is -2.22. The molecule has 0 bridgehead atoms. The minimum Gasteiger partial charge on any atom is -0.286 e. The predicted molar refractivity (Wildman–Crippen MR) is 147 cm³/mol. The fourth-order valence-electron chi connectivity index (χ4n) is 5.12. The van der Waals surface area contributed by atoms with Crippen molar-refractivity contribution in [1.29, 1.82) is 0 Å². The van der Waals surface area contributed by atoms with E-state index in [9.17, 15) is 0 Å². The fourth-order valence-corrected chi connectivity index (χ4v) is 6.12. The molecule has 0 atom stereocenters. The van der Waals surface area contributed by atoms with Crippen LogP contribution in [-0.2, 0) is 5.75 Å². The SMILES string of the molecule is c1ccc(-c2ccccc2-c2cccc(-c3cccc4c3-n3c(nc5ccccc53)SC4)c2)cc1. The first-order valence-electron chi connectivity index (χ1n) is 11.8. The summed E-state index contributed by atoms with van der Waals surface area (Å²) in [6, 6.07) is 43.4. The highest BCUT2D eigenvalue weighted by molar-refractivity contribution is 7.98. The maximum absolute atomic E-state index is 4.92. The van der Waals surface area contributed by atoms with Crippen LogP contribution in [0.2, 0.25) is 0 Å². The lowest BCUT2D eigenvalue weighted by atomic mass is 9.92. The zero-order chi connectivity index (χ0) is 23.2. The van der Waals surface area contributed by atoms with E-state index in [4.69, 9.17) is 4.98 Å². The number of hydrogen-bond acceptors (Lipinski definition) is 2. The van der Waals surface area contributed by atoms with Crippen molar-refractivity contribution < 1.29 is 0 Å². The molecule has 0 N–H and O–H groups in total. The first-order valence-corrected chi connectivity index (χ1v) is 12.8. The minimum atomic E-state index is 0.934. The van der Waals surface area contributed by atoms with E-state index in [1.54, 1.807) is 0 Å². The van der Waals surface area contributed by atoms with E-state index in [-0.39, 0.29) is 0 Å². The monoisotopic (exact) mass is 466 g/mol. The maximum atomic E-state index is 4.92. The van der Waals surface area contributed by atoms with Crippen molar-refractivity contribution >= 4 is 22.8 Å². The summed E-state index contributed by atoms with van der Waals surface area (Å²) in [6.45, 7) is 0. The Bertz CT molecular complexity index is 1700. The lowest BCUT2D eigenvalue weighted by Crippen LogP contribution is -2.07.